The Kier molecular flexibility index (Phi) is 6.59. The molecule has 0 heterocycles. The van der Waals surface area contributed by atoms with Crippen molar-refractivity contribution in [1.82, 2.24) is 0 Å². The van der Waals surface area contributed by atoms with E-state index in [2.05, 4.69) is 0 Å². The molecule has 7 aliphatic rings. The van der Waals surface area contributed by atoms with E-state index >= 15 is 0 Å². The average Bonchev–Trinajstić information content (AvgIpc) is 3.02. The summed E-state index contributed by atoms with van der Waals surface area (Å²) in [5.74, 6) is -6.96. The van der Waals surface area contributed by atoms with E-state index in [1.807, 2.05) is 0 Å². The third kappa shape index (κ3) is 4.65. The van der Waals surface area contributed by atoms with Gasteiger partial charge in [-0.05, 0) is 0 Å². The van der Waals surface area contributed by atoms with E-state index in [9.17, 15) is 38.4 Å². The minimum absolute atomic E-state index is 0.0187. The Balaban J connectivity index is 1.56. The fourth-order valence-electron chi connectivity index (χ4n) is 4.14. The van der Waals surface area contributed by atoms with Gasteiger partial charge in [0.05, 0.1) is 0 Å². The van der Waals surface area contributed by atoms with Crippen LogP contribution >= 0.6 is 0 Å². The largest absolute Gasteiger partial charge is 0.285 e. The second-order valence-electron chi connectivity index (χ2n) is 8.94. The summed E-state index contributed by atoms with van der Waals surface area (Å²) in [5.41, 5.74) is -0.150. The Labute approximate surface area is 226 Å². The summed E-state index contributed by atoms with van der Waals surface area (Å²) in [6, 6.07) is 19.9. The topological polar surface area (TPSA) is 137 Å². The molecule has 0 N–H and O–H groups in total. The number of hydrogen-bond donors (Lipinski definition) is 0. The minimum atomic E-state index is -0.871. The number of carbonyl (C=O) groups is 8. The fraction of sp³-hybridized carbons (Fsp3) is 0. The van der Waals surface area contributed by atoms with Crippen LogP contribution in [0.5, 0.6) is 0 Å². The van der Waals surface area contributed by atoms with Crippen molar-refractivity contribution in [1.29, 1.82) is 0 Å². The number of Topliss-reactive ketones (excluding diaryl/α,β-unsaturated/α-hetero) is 8. The SMILES string of the molecule is O=C1C(=O)c2ccc(cc2)C(=O)C(=O)c2ccc(cc2)C(=O)C(=O)c2ccc(cc2)C(=O)C(=O)c2ccc1cc2. The first kappa shape index (κ1) is 25.9. The normalized spacial score (nSPS) is 14.4. The van der Waals surface area contributed by atoms with Crippen molar-refractivity contribution in [2.75, 3.05) is 0 Å². The van der Waals surface area contributed by atoms with Crippen LogP contribution < -0.4 is 0 Å². The Morgan fingerprint density at radius 2 is 0.250 bits per heavy atom. The lowest BCUT2D eigenvalue weighted by molar-refractivity contribution is 0.0812. The molecule has 0 saturated carbocycles. The van der Waals surface area contributed by atoms with Crippen LogP contribution in [0.25, 0.3) is 0 Å². The molecule has 40 heavy (non-hydrogen) atoms. The molecule has 0 fully saturated rings. The fourth-order valence-corrected chi connectivity index (χ4v) is 4.14. The van der Waals surface area contributed by atoms with Crippen LogP contribution in [0.2, 0.25) is 0 Å². The Hall–Kier alpha value is -5.76. The van der Waals surface area contributed by atoms with Crippen LogP contribution in [0, 0.1) is 0 Å². The summed E-state index contributed by atoms with van der Waals surface area (Å²) in [7, 11) is 0. The van der Waals surface area contributed by atoms with Gasteiger partial charge in [-0.25, -0.2) is 0 Å². The summed E-state index contributed by atoms with van der Waals surface area (Å²) in [6.45, 7) is 0. The van der Waals surface area contributed by atoms with Gasteiger partial charge < -0.3 is 0 Å². The summed E-state index contributed by atoms with van der Waals surface area (Å²) >= 11 is 0. The van der Waals surface area contributed by atoms with Gasteiger partial charge >= 0.3 is 0 Å². The van der Waals surface area contributed by atoms with Crippen molar-refractivity contribution in [2.24, 2.45) is 0 Å². The van der Waals surface area contributed by atoms with E-state index in [1.165, 1.54) is 97.1 Å². The molecule has 0 atom stereocenters. The first-order valence-corrected chi connectivity index (χ1v) is 11.9. The highest BCUT2D eigenvalue weighted by atomic mass is 16.2. The lowest BCUT2D eigenvalue weighted by atomic mass is 9.94. The second-order valence-corrected chi connectivity index (χ2v) is 8.94. The quantitative estimate of drug-likeness (QED) is 0.309. The van der Waals surface area contributed by atoms with Crippen LogP contribution in [0.3, 0.4) is 0 Å². The molecule has 4 aromatic rings. The van der Waals surface area contributed by atoms with Gasteiger partial charge in [0.1, 0.15) is 0 Å². The third-order valence-electron chi connectivity index (χ3n) is 6.46. The molecule has 0 amide bonds. The van der Waals surface area contributed by atoms with E-state index in [1.54, 1.807) is 0 Å². The molecule has 11 rings (SSSR count). The van der Waals surface area contributed by atoms with E-state index in [0.29, 0.717) is 0 Å². The van der Waals surface area contributed by atoms with Gasteiger partial charge in [0.15, 0.2) is 0 Å². The average molecular weight is 528 g/mol. The molecule has 8 nitrogen and oxygen atoms in total. The van der Waals surface area contributed by atoms with E-state index in [0.717, 1.165) is 0 Å². The lowest BCUT2D eigenvalue weighted by Crippen LogP contribution is -2.18. The highest BCUT2D eigenvalue weighted by Crippen LogP contribution is 2.17. The molecule has 0 saturated heterocycles. The van der Waals surface area contributed by atoms with Crippen LogP contribution in [-0.2, 0) is 0 Å². The molecular weight excluding hydrogens is 512 g/mol. The second kappa shape index (κ2) is 10.2. The van der Waals surface area contributed by atoms with Gasteiger partial charge in [-0.2, -0.15) is 0 Å². The van der Waals surface area contributed by atoms with Gasteiger partial charge in [0.2, 0.25) is 46.3 Å². The maximum atomic E-state index is 12.7. The van der Waals surface area contributed by atoms with Crippen molar-refractivity contribution in [3.63, 3.8) is 0 Å². The van der Waals surface area contributed by atoms with Gasteiger partial charge in [-0.15, -0.1) is 0 Å². The summed E-state index contributed by atoms with van der Waals surface area (Å²) in [4.78, 5) is 102. The summed E-state index contributed by atoms with van der Waals surface area (Å²) in [5, 5.41) is 0. The van der Waals surface area contributed by atoms with Crippen molar-refractivity contribution in [3.8, 4) is 0 Å². The van der Waals surface area contributed by atoms with Crippen molar-refractivity contribution < 1.29 is 38.4 Å². The van der Waals surface area contributed by atoms with Gasteiger partial charge in [-0.3, -0.25) is 38.4 Å². The Morgan fingerprint density at radius 1 is 0.175 bits per heavy atom. The monoisotopic (exact) mass is 528 g/mol. The summed E-state index contributed by atoms with van der Waals surface area (Å²) in [6.07, 6.45) is 0. The maximum Gasteiger partial charge on any atom is 0.233 e. The van der Waals surface area contributed by atoms with Gasteiger partial charge in [0, 0.05) is 44.5 Å². The van der Waals surface area contributed by atoms with Gasteiger partial charge in [-0.1, -0.05) is 97.1 Å². The van der Waals surface area contributed by atoms with Crippen molar-refractivity contribution in [2.45, 2.75) is 0 Å². The number of benzene rings is 4. The number of carbonyl (C=O) groups excluding carboxylic acids is 8. The molecule has 0 radical (unpaired) electrons. The number of hydrogen-bond acceptors (Lipinski definition) is 8. The predicted molar refractivity (Wildman–Crippen MR) is 140 cm³/mol. The van der Waals surface area contributed by atoms with Crippen LogP contribution in [0.15, 0.2) is 97.1 Å². The Morgan fingerprint density at radius 3 is 0.325 bits per heavy atom. The summed E-state index contributed by atoms with van der Waals surface area (Å²) < 4.78 is 0. The zero-order valence-corrected chi connectivity index (χ0v) is 20.5. The third-order valence-corrected chi connectivity index (χ3v) is 6.46. The molecule has 8 heteroatoms. The van der Waals surface area contributed by atoms with Crippen molar-refractivity contribution >= 4 is 46.3 Å². The maximum absolute atomic E-state index is 12.7. The minimum Gasteiger partial charge on any atom is -0.285 e. The van der Waals surface area contributed by atoms with E-state index in [4.69, 9.17) is 0 Å². The smallest absolute Gasteiger partial charge is 0.233 e. The molecule has 4 aromatic carbocycles. The standard InChI is InChI=1S/C32H16O8/c33-25-17-1-2-18(4-3-17)26(34)28(36)20-9-11-22(12-10-20)30(38)32(40)24-15-13-23(14-16-24)31(39)29(37)21-7-5-19(6-8-21)27(25)35/h1-16H. The van der Waals surface area contributed by atoms with Crippen LogP contribution in [0.1, 0.15) is 82.9 Å². The molecule has 0 unspecified atom stereocenters. The highest BCUT2D eigenvalue weighted by molar-refractivity contribution is 6.52. The first-order chi connectivity index (χ1) is 19.2. The lowest BCUT2D eigenvalue weighted by Gasteiger charge is -2.07. The van der Waals surface area contributed by atoms with Crippen LogP contribution in [-0.4, -0.2) is 46.3 Å². The molecule has 8 bridgehead atoms. The molecule has 192 valence electrons. The molecular formula is C32H16O8. The van der Waals surface area contributed by atoms with Crippen LogP contribution in [0.4, 0.5) is 0 Å². The molecule has 7 aliphatic carbocycles. The highest BCUT2D eigenvalue weighted by Gasteiger charge is 2.25. The van der Waals surface area contributed by atoms with E-state index < -0.39 is 46.3 Å². The predicted octanol–water partition coefficient (Wildman–Crippen LogP) is 4.26. The zero-order valence-electron chi connectivity index (χ0n) is 20.5. The van der Waals surface area contributed by atoms with E-state index in [-0.39, 0.29) is 44.5 Å². The molecule has 0 spiro atoms. The first-order valence-electron chi connectivity index (χ1n) is 11.9. The van der Waals surface area contributed by atoms with Gasteiger partial charge in [0.25, 0.3) is 0 Å². The molecule has 0 aliphatic heterocycles. The number of ketones is 8. The van der Waals surface area contributed by atoms with Crippen molar-refractivity contribution in [3.05, 3.63) is 142 Å². The zero-order chi connectivity index (χ0) is 28.6. The Bertz CT molecular complexity index is 1370. The number of rotatable bonds is 0. The molecule has 0 aromatic heterocycles.